The SMILES string of the molecule is CC(=O)Nc1ccc(NC(=O)CC2C(=O)N(C)C(=S)N2Cc2c(=O)o[nH][n+]2C)cc1. The Hall–Kier alpha value is -3.54. The fourth-order valence-corrected chi connectivity index (χ4v) is 3.35. The van der Waals surface area contributed by atoms with Crippen molar-refractivity contribution < 1.29 is 23.6 Å². The zero-order chi connectivity index (χ0) is 22.0. The molecule has 0 bridgehead atoms. The standard InChI is InChI=1S/C18H20N6O5S/c1-10(25)19-11-4-6-12(7-5-11)20-15(26)8-13-16(27)22(2)18(30)24(13)9-14-17(28)29-21-23(14)3/h4-7,13,21,28H,8-9H2,1-3H3/p+1. The Balaban J connectivity index is 1.71. The van der Waals surface area contributed by atoms with Crippen LogP contribution in [-0.2, 0) is 28.0 Å². The summed E-state index contributed by atoms with van der Waals surface area (Å²) in [6.45, 7) is 1.42. The first-order chi connectivity index (χ1) is 14.2. The van der Waals surface area contributed by atoms with Crippen LogP contribution in [0.2, 0.25) is 0 Å². The van der Waals surface area contributed by atoms with E-state index in [9.17, 15) is 19.2 Å². The zero-order valence-electron chi connectivity index (χ0n) is 16.6. The number of amides is 3. The van der Waals surface area contributed by atoms with Gasteiger partial charge in [0.2, 0.25) is 11.8 Å². The van der Waals surface area contributed by atoms with Crippen LogP contribution < -0.4 is 20.9 Å². The van der Waals surface area contributed by atoms with Crippen LogP contribution in [0.15, 0.2) is 33.6 Å². The highest BCUT2D eigenvalue weighted by Gasteiger charge is 2.43. The summed E-state index contributed by atoms with van der Waals surface area (Å²) in [6.07, 6.45) is -0.157. The predicted octanol–water partition coefficient (Wildman–Crippen LogP) is -0.293. The first kappa shape index (κ1) is 21.2. The second-order valence-corrected chi connectivity index (χ2v) is 7.19. The van der Waals surface area contributed by atoms with Gasteiger partial charge in [-0.15, -0.1) is 0 Å². The lowest BCUT2D eigenvalue weighted by Gasteiger charge is -2.21. The van der Waals surface area contributed by atoms with Gasteiger partial charge in [-0.3, -0.25) is 23.8 Å². The Kier molecular flexibility index (Phi) is 5.96. The van der Waals surface area contributed by atoms with Gasteiger partial charge < -0.3 is 15.5 Å². The molecule has 3 amide bonds. The van der Waals surface area contributed by atoms with Crippen LogP contribution in [0.4, 0.5) is 11.4 Å². The average Bonchev–Trinajstić information content (AvgIpc) is 3.10. The molecule has 1 aromatic heterocycles. The van der Waals surface area contributed by atoms with Crippen molar-refractivity contribution in [3.05, 3.63) is 40.4 Å². The third-order valence-electron chi connectivity index (χ3n) is 4.63. The first-order valence-corrected chi connectivity index (χ1v) is 9.40. The fraction of sp³-hybridized carbons (Fsp3) is 0.333. The Bertz CT molecular complexity index is 1060. The van der Waals surface area contributed by atoms with Crippen LogP contribution in [0.25, 0.3) is 0 Å². The normalized spacial score (nSPS) is 16.2. The number of H-pyrrole nitrogens is 1. The van der Waals surface area contributed by atoms with Crippen molar-refractivity contribution in [1.82, 2.24) is 15.1 Å². The van der Waals surface area contributed by atoms with Gasteiger partial charge in [0, 0.05) is 25.3 Å². The summed E-state index contributed by atoms with van der Waals surface area (Å²) in [5.74, 6) is -0.926. The molecule has 1 aliphatic heterocycles. The molecule has 1 atom stereocenters. The number of rotatable bonds is 6. The highest BCUT2D eigenvalue weighted by Crippen LogP contribution is 2.22. The van der Waals surface area contributed by atoms with Gasteiger partial charge in [0.1, 0.15) is 12.6 Å². The van der Waals surface area contributed by atoms with Gasteiger partial charge in [0.25, 0.3) is 5.91 Å². The van der Waals surface area contributed by atoms with Crippen LogP contribution in [0.3, 0.4) is 0 Å². The second kappa shape index (κ2) is 8.45. The van der Waals surface area contributed by atoms with Crippen molar-refractivity contribution in [2.45, 2.75) is 25.9 Å². The minimum Gasteiger partial charge on any atom is -0.326 e. The van der Waals surface area contributed by atoms with Crippen molar-refractivity contribution in [1.29, 1.82) is 0 Å². The molecule has 3 N–H and O–H groups in total. The molecule has 0 radical (unpaired) electrons. The number of hydrogen-bond donors (Lipinski definition) is 3. The van der Waals surface area contributed by atoms with E-state index in [4.69, 9.17) is 16.7 Å². The lowest BCUT2D eigenvalue weighted by Crippen LogP contribution is -2.44. The summed E-state index contributed by atoms with van der Waals surface area (Å²) in [4.78, 5) is 50.9. The third kappa shape index (κ3) is 4.38. The number of anilines is 2. The molecule has 30 heavy (non-hydrogen) atoms. The van der Waals surface area contributed by atoms with E-state index in [2.05, 4.69) is 15.9 Å². The monoisotopic (exact) mass is 433 g/mol. The number of benzene rings is 1. The van der Waals surface area contributed by atoms with Crippen LogP contribution in [0, 0.1) is 0 Å². The molecule has 1 fully saturated rings. The van der Waals surface area contributed by atoms with E-state index >= 15 is 0 Å². The molecule has 0 spiro atoms. The third-order valence-corrected chi connectivity index (χ3v) is 5.14. The number of aromatic nitrogens is 2. The first-order valence-electron chi connectivity index (χ1n) is 8.99. The van der Waals surface area contributed by atoms with E-state index in [-0.39, 0.29) is 35.6 Å². The Labute approximate surface area is 176 Å². The van der Waals surface area contributed by atoms with Crippen molar-refractivity contribution in [2.24, 2.45) is 7.05 Å². The number of aryl methyl sites for hydroxylation is 1. The Morgan fingerprint density at radius 1 is 1.20 bits per heavy atom. The van der Waals surface area contributed by atoms with E-state index in [1.54, 1.807) is 31.3 Å². The smallest absolute Gasteiger partial charge is 0.326 e. The summed E-state index contributed by atoms with van der Waals surface area (Å²) in [5, 5.41) is 7.98. The molecule has 0 saturated carbocycles. The van der Waals surface area contributed by atoms with Gasteiger partial charge in [-0.05, 0) is 41.8 Å². The fourth-order valence-electron chi connectivity index (χ4n) is 3.07. The van der Waals surface area contributed by atoms with Gasteiger partial charge in [-0.25, -0.2) is 4.79 Å². The number of carbonyl (C=O) groups excluding carboxylic acids is 3. The van der Waals surface area contributed by atoms with Gasteiger partial charge in [0.15, 0.2) is 12.2 Å². The maximum atomic E-state index is 12.6. The maximum Gasteiger partial charge on any atom is 0.431 e. The second-order valence-electron chi connectivity index (χ2n) is 6.82. The Morgan fingerprint density at radius 2 is 1.80 bits per heavy atom. The number of nitrogens with one attached hydrogen (secondary N) is 3. The zero-order valence-corrected chi connectivity index (χ0v) is 17.4. The van der Waals surface area contributed by atoms with Crippen molar-refractivity contribution in [3.8, 4) is 0 Å². The molecule has 3 rings (SSSR count). The molecular formula is C18H21N6O5S+. The Morgan fingerprint density at radius 3 is 2.33 bits per heavy atom. The number of aromatic amines is 1. The number of likely N-dealkylation sites (N-methyl/N-ethyl adjacent to an activating group) is 1. The number of carbonyl (C=O) groups is 3. The summed E-state index contributed by atoms with van der Waals surface area (Å²) < 4.78 is 6.12. The number of nitrogens with zero attached hydrogens (tertiary/aromatic N) is 3. The van der Waals surface area contributed by atoms with E-state index in [0.29, 0.717) is 11.4 Å². The van der Waals surface area contributed by atoms with Gasteiger partial charge in [-0.1, -0.05) is 4.68 Å². The van der Waals surface area contributed by atoms with Crippen LogP contribution in [0.1, 0.15) is 19.0 Å². The minimum atomic E-state index is -0.851. The largest absolute Gasteiger partial charge is 0.431 e. The molecule has 2 aromatic rings. The van der Waals surface area contributed by atoms with Gasteiger partial charge >= 0.3 is 11.3 Å². The van der Waals surface area contributed by atoms with E-state index in [0.717, 1.165) is 0 Å². The molecular weight excluding hydrogens is 412 g/mol. The van der Waals surface area contributed by atoms with Crippen LogP contribution in [-0.4, -0.2) is 51.0 Å². The number of thiocarbonyl (C=S) groups is 1. The molecule has 1 aromatic carbocycles. The summed E-state index contributed by atoms with van der Waals surface area (Å²) >= 11 is 5.32. The van der Waals surface area contributed by atoms with Crippen molar-refractivity contribution >= 4 is 46.4 Å². The van der Waals surface area contributed by atoms with Crippen LogP contribution in [0.5, 0.6) is 0 Å². The number of hydrogen-bond acceptors (Lipinski definition) is 6. The van der Waals surface area contributed by atoms with Crippen molar-refractivity contribution in [3.63, 3.8) is 0 Å². The highest BCUT2D eigenvalue weighted by molar-refractivity contribution is 7.80. The molecule has 1 unspecified atom stereocenters. The maximum absolute atomic E-state index is 12.6. The van der Waals surface area contributed by atoms with Crippen molar-refractivity contribution in [2.75, 3.05) is 17.7 Å². The molecule has 1 saturated heterocycles. The topological polar surface area (TPSA) is 132 Å². The lowest BCUT2D eigenvalue weighted by molar-refractivity contribution is -0.746. The van der Waals surface area contributed by atoms with Crippen LogP contribution >= 0.6 is 12.2 Å². The molecule has 1 aliphatic rings. The van der Waals surface area contributed by atoms with E-state index < -0.39 is 17.6 Å². The average molecular weight is 433 g/mol. The predicted molar refractivity (Wildman–Crippen MR) is 109 cm³/mol. The molecule has 0 aliphatic carbocycles. The van der Waals surface area contributed by atoms with E-state index in [1.165, 1.54) is 28.5 Å². The summed E-state index contributed by atoms with van der Waals surface area (Å²) in [7, 11) is 3.12. The highest BCUT2D eigenvalue weighted by atomic mass is 32.1. The summed E-state index contributed by atoms with van der Waals surface area (Å²) in [6, 6.07) is 5.73. The lowest BCUT2D eigenvalue weighted by atomic mass is 10.1. The molecule has 2 heterocycles. The molecule has 158 valence electrons. The molecule has 11 nitrogen and oxygen atoms in total. The van der Waals surface area contributed by atoms with Gasteiger partial charge in [0.05, 0.1) is 6.42 Å². The summed E-state index contributed by atoms with van der Waals surface area (Å²) in [5.41, 5.74) is 0.798. The van der Waals surface area contributed by atoms with E-state index in [1.807, 2.05) is 0 Å². The van der Waals surface area contributed by atoms with Gasteiger partial charge in [-0.2, -0.15) is 0 Å². The minimum absolute atomic E-state index is 0.0145. The quantitative estimate of drug-likeness (QED) is 0.421. The molecule has 12 heteroatoms.